The van der Waals surface area contributed by atoms with Gasteiger partial charge < -0.3 is 18.9 Å². The molecule has 0 amide bonds. The molecule has 0 N–H and O–H groups in total. The van der Waals surface area contributed by atoms with E-state index in [1.54, 1.807) is 0 Å². The molecule has 0 aromatic rings. The van der Waals surface area contributed by atoms with Gasteiger partial charge in [0.05, 0.1) is 26.4 Å². The maximum Gasteiger partial charge on any atom is 0.157 e. The average molecular weight is 230 g/mol. The Kier molecular flexibility index (Phi) is 4.58. The molecule has 0 spiro atoms. The maximum absolute atomic E-state index is 5.72. The van der Waals surface area contributed by atoms with E-state index in [-0.39, 0.29) is 12.6 Å². The molecule has 94 valence electrons. The third-order valence-electron chi connectivity index (χ3n) is 3.11. The minimum Gasteiger partial charge on any atom is -0.353 e. The molecule has 2 aliphatic heterocycles. The monoisotopic (exact) mass is 230 g/mol. The van der Waals surface area contributed by atoms with E-state index in [4.69, 9.17) is 18.9 Å². The van der Waals surface area contributed by atoms with Crippen molar-refractivity contribution in [1.82, 2.24) is 0 Å². The summed E-state index contributed by atoms with van der Waals surface area (Å²) in [5, 5.41) is 0. The van der Waals surface area contributed by atoms with Crippen LogP contribution in [-0.4, -0.2) is 39.0 Å². The van der Waals surface area contributed by atoms with Crippen LogP contribution in [0.4, 0.5) is 0 Å². The van der Waals surface area contributed by atoms with Crippen molar-refractivity contribution in [1.29, 1.82) is 0 Å². The summed E-state index contributed by atoms with van der Waals surface area (Å²) in [5.74, 6) is 1.01. The first-order chi connectivity index (χ1) is 7.74. The summed E-state index contributed by atoms with van der Waals surface area (Å²) < 4.78 is 22.1. The third-order valence-corrected chi connectivity index (χ3v) is 3.11. The molecule has 2 heterocycles. The minimum absolute atomic E-state index is 0.0180. The normalized spacial score (nSPS) is 40.9. The van der Waals surface area contributed by atoms with E-state index in [0.29, 0.717) is 18.4 Å². The van der Waals surface area contributed by atoms with Gasteiger partial charge in [0.25, 0.3) is 0 Å². The molecular formula is C12H22O4. The molecule has 2 atom stereocenters. The fourth-order valence-corrected chi connectivity index (χ4v) is 1.97. The van der Waals surface area contributed by atoms with Crippen molar-refractivity contribution >= 4 is 0 Å². The van der Waals surface area contributed by atoms with Crippen molar-refractivity contribution in [3.05, 3.63) is 0 Å². The van der Waals surface area contributed by atoms with E-state index in [1.165, 1.54) is 6.42 Å². The summed E-state index contributed by atoms with van der Waals surface area (Å²) in [4.78, 5) is 0. The van der Waals surface area contributed by atoms with Gasteiger partial charge in [0.15, 0.2) is 12.6 Å². The molecular weight excluding hydrogens is 208 g/mol. The van der Waals surface area contributed by atoms with Crippen LogP contribution in [0.3, 0.4) is 0 Å². The van der Waals surface area contributed by atoms with E-state index in [2.05, 4.69) is 6.92 Å². The maximum atomic E-state index is 5.72. The van der Waals surface area contributed by atoms with Crippen molar-refractivity contribution in [3.63, 3.8) is 0 Å². The van der Waals surface area contributed by atoms with Gasteiger partial charge in [0.1, 0.15) is 0 Å². The second kappa shape index (κ2) is 5.96. The zero-order valence-corrected chi connectivity index (χ0v) is 10.2. The summed E-state index contributed by atoms with van der Waals surface area (Å²) in [5.41, 5.74) is 0. The Morgan fingerprint density at radius 2 is 1.75 bits per heavy atom. The fraction of sp³-hybridized carbons (Fsp3) is 1.00. The lowest BCUT2D eigenvalue weighted by Gasteiger charge is -2.30. The van der Waals surface area contributed by atoms with Crippen LogP contribution < -0.4 is 0 Å². The highest BCUT2D eigenvalue weighted by Gasteiger charge is 2.23. The zero-order valence-electron chi connectivity index (χ0n) is 10.2. The Bertz CT molecular complexity index is 171. The molecule has 0 aliphatic carbocycles. The molecule has 2 aliphatic rings. The molecule has 0 aromatic carbocycles. The standard InChI is InChI=1S/C12H22O4/c1-9-3-4-12(15-5-9)16-8-11-6-13-10(2)14-7-11/h9-12H,3-8H2,1-2H3. The Balaban J connectivity index is 1.60. The molecule has 0 radical (unpaired) electrons. The van der Waals surface area contributed by atoms with Gasteiger partial charge in [0, 0.05) is 5.92 Å². The van der Waals surface area contributed by atoms with E-state index < -0.39 is 0 Å². The first-order valence-corrected chi connectivity index (χ1v) is 6.20. The Morgan fingerprint density at radius 3 is 2.38 bits per heavy atom. The molecule has 4 heteroatoms. The summed E-state index contributed by atoms with van der Waals surface area (Å²) in [6.07, 6.45) is 2.12. The zero-order chi connectivity index (χ0) is 11.4. The van der Waals surface area contributed by atoms with Crippen molar-refractivity contribution in [2.24, 2.45) is 11.8 Å². The van der Waals surface area contributed by atoms with Gasteiger partial charge in [-0.1, -0.05) is 6.92 Å². The van der Waals surface area contributed by atoms with Crippen LogP contribution in [0.2, 0.25) is 0 Å². The average Bonchev–Trinajstić information content (AvgIpc) is 2.30. The molecule has 4 nitrogen and oxygen atoms in total. The molecule has 2 fully saturated rings. The molecule has 0 saturated carbocycles. The predicted octanol–water partition coefficient (Wildman–Crippen LogP) is 1.78. The lowest BCUT2D eigenvalue weighted by atomic mass is 10.0. The van der Waals surface area contributed by atoms with E-state index in [1.807, 2.05) is 6.92 Å². The van der Waals surface area contributed by atoms with E-state index in [9.17, 15) is 0 Å². The van der Waals surface area contributed by atoms with Crippen LogP contribution in [0, 0.1) is 11.8 Å². The Morgan fingerprint density at radius 1 is 1.00 bits per heavy atom. The van der Waals surface area contributed by atoms with Gasteiger partial charge in [-0.05, 0) is 25.7 Å². The lowest BCUT2D eigenvalue weighted by Crippen LogP contribution is -2.35. The van der Waals surface area contributed by atoms with Crippen LogP contribution in [0.5, 0.6) is 0 Å². The highest BCUT2D eigenvalue weighted by atomic mass is 16.7. The molecule has 0 bridgehead atoms. The van der Waals surface area contributed by atoms with Gasteiger partial charge in [0.2, 0.25) is 0 Å². The summed E-state index contributed by atoms with van der Waals surface area (Å²) in [6.45, 7) is 7.07. The van der Waals surface area contributed by atoms with Crippen LogP contribution in [-0.2, 0) is 18.9 Å². The number of ether oxygens (including phenoxy) is 4. The van der Waals surface area contributed by atoms with Crippen LogP contribution in [0.15, 0.2) is 0 Å². The highest BCUT2D eigenvalue weighted by Crippen LogP contribution is 2.20. The number of hydrogen-bond donors (Lipinski definition) is 0. The van der Waals surface area contributed by atoms with Crippen molar-refractivity contribution < 1.29 is 18.9 Å². The summed E-state index contributed by atoms with van der Waals surface area (Å²) in [6, 6.07) is 0. The van der Waals surface area contributed by atoms with Crippen molar-refractivity contribution in [3.8, 4) is 0 Å². The highest BCUT2D eigenvalue weighted by molar-refractivity contribution is 4.64. The second-order valence-corrected chi connectivity index (χ2v) is 4.88. The first kappa shape index (κ1) is 12.3. The number of hydrogen-bond acceptors (Lipinski definition) is 4. The van der Waals surface area contributed by atoms with Crippen LogP contribution >= 0.6 is 0 Å². The van der Waals surface area contributed by atoms with Crippen LogP contribution in [0.25, 0.3) is 0 Å². The van der Waals surface area contributed by atoms with Crippen molar-refractivity contribution in [2.45, 2.75) is 39.3 Å². The quantitative estimate of drug-likeness (QED) is 0.740. The fourth-order valence-electron chi connectivity index (χ4n) is 1.97. The Labute approximate surface area is 97.2 Å². The summed E-state index contributed by atoms with van der Waals surface area (Å²) in [7, 11) is 0. The SMILES string of the molecule is CC1CCC(OCC2COC(C)OC2)OC1. The topological polar surface area (TPSA) is 36.9 Å². The largest absolute Gasteiger partial charge is 0.353 e. The van der Waals surface area contributed by atoms with Gasteiger partial charge in [-0.2, -0.15) is 0 Å². The third kappa shape index (κ3) is 3.70. The summed E-state index contributed by atoms with van der Waals surface area (Å²) >= 11 is 0. The molecule has 2 rings (SSSR count). The van der Waals surface area contributed by atoms with E-state index >= 15 is 0 Å². The van der Waals surface area contributed by atoms with Gasteiger partial charge in [-0.15, -0.1) is 0 Å². The van der Waals surface area contributed by atoms with Gasteiger partial charge >= 0.3 is 0 Å². The van der Waals surface area contributed by atoms with Gasteiger partial charge in [-0.25, -0.2) is 0 Å². The second-order valence-electron chi connectivity index (χ2n) is 4.88. The van der Waals surface area contributed by atoms with Crippen molar-refractivity contribution in [2.75, 3.05) is 26.4 Å². The predicted molar refractivity (Wildman–Crippen MR) is 58.9 cm³/mol. The van der Waals surface area contributed by atoms with E-state index in [0.717, 1.165) is 26.2 Å². The first-order valence-electron chi connectivity index (χ1n) is 6.20. The lowest BCUT2D eigenvalue weighted by molar-refractivity contribution is -0.222. The van der Waals surface area contributed by atoms with Crippen LogP contribution in [0.1, 0.15) is 26.7 Å². The minimum atomic E-state index is -0.0666. The molecule has 2 saturated heterocycles. The number of rotatable bonds is 3. The molecule has 16 heavy (non-hydrogen) atoms. The van der Waals surface area contributed by atoms with Gasteiger partial charge in [-0.3, -0.25) is 0 Å². The smallest absolute Gasteiger partial charge is 0.157 e. The molecule has 2 unspecified atom stereocenters. The Hall–Kier alpha value is -0.160. The molecule has 0 aromatic heterocycles.